The highest BCUT2D eigenvalue weighted by Gasteiger charge is 2.14. The fourth-order valence-corrected chi connectivity index (χ4v) is 2.96. The minimum absolute atomic E-state index is 0.0174. The highest BCUT2D eigenvalue weighted by molar-refractivity contribution is 6.04. The summed E-state index contributed by atoms with van der Waals surface area (Å²) in [5.74, 6) is 0.344. The molecule has 158 valence electrons. The third kappa shape index (κ3) is 4.72. The summed E-state index contributed by atoms with van der Waals surface area (Å²) in [7, 11) is 1.59. The molecule has 0 aliphatic heterocycles. The third-order valence-corrected chi connectivity index (χ3v) is 4.57. The van der Waals surface area contributed by atoms with E-state index >= 15 is 0 Å². The second-order valence-corrected chi connectivity index (χ2v) is 6.66. The Bertz CT molecular complexity index is 1200. The first-order chi connectivity index (χ1) is 15.1. The maximum atomic E-state index is 12.3. The lowest BCUT2D eigenvalue weighted by Crippen LogP contribution is -2.27. The number of carbonyl (C=O) groups is 2. The minimum atomic E-state index is -0.457. The van der Waals surface area contributed by atoms with Crippen LogP contribution in [0.1, 0.15) is 22.6 Å². The van der Waals surface area contributed by atoms with Crippen molar-refractivity contribution in [2.75, 3.05) is 13.7 Å². The Labute approximate surface area is 177 Å². The molecule has 0 unspecified atom stereocenters. The van der Waals surface area contributed by atoms with Gasteiger partial charge in [0.05, 0.1) is 19.0 Å². The molecule has 2 aromatic carbocycles. The lowest BCUT2D eigenvalue weighted by molar-refractivity contribution is -0.144. The maximum Gasteiger partial charge on any atom is 0.307 e. The van der Waals surface area contributed by atoms with E-state index in [4.69, 9.17) is 13.9 Å². The van der Waals surface area contributed by atoms with Crippen LogP contribution in [0.3, 0.4) is 0 Å². The van der Waals surface area contributed by atoms with Crippen LogP contribution in [-0.4, -0.2) is 40.7 Å². The van der Waals surface area contributed by atoms with E-state index in [1.807, 2.05) is 30.3 Å². The summed E-state index contributed by atoms with van der Waals surface area (Å²) in [6.45, 7) is 0.116. The number of para-hydroxylation sites is 1. The summed E-state index contributed by atoms with van der Waals surface area (Å²) in [5, 5.41) is 10.2. The molecule has 31 heavy (non-hydrogen) atoms. The number of esters is 1. The molecule has 4 rings (SSSR count). The van der Waals surface area contributed by atoms with Crippen molar-refractivity contribution in [3.8, 4) is 17.2 Å². The zero-order valence-electron chi connectivity index (χ0n) is 16.8. The number of H-pyrrole nitrogens is 1. The van der Waals surface area contributed by atoms with Crippen LogP contribution in [0.2, 0.25) is 0 Å². The molecule has 9 nitrogen and oxygen atoms in total. The SMILES string of the molecule is COc1ccc(-c2nc(COC(=O)CCNC(=O)c3n[nH]c4ccccc34)co2)cc1. The topological polar surface area (TPSA) is 119 Å². The van der Waals surface area contributed by atoms with Crippen LogP contribution in [0.25, 0.3) is 22.4 Å². The number of nitrogens with zero attached hydrogens (tertiary/aromatic N) is 2. The molecule has 2 heterocycles. The molecule has 0 radical (unpaired) electrons. The van der Waals surface area contributed by atoms with Gasteiger partial charge in [0, 0.05) is 17.5 Å². The number of benzene rings is 2. The number of ether oxygens (including phenoxy) is 2. The van der Waals surface area contributed by atoms with Crippen molar-refractivity contribution in [1.82, 2.24) is 20.5 Å². The Hall–Kier alpha value is -4.14. The predicted molar refractivity (Wildman–Crippen MR) is 111 cm³/mol. The van der Waals surface area contributed by atoms with E-state index < -0.39 is 5.97 Å². The number of aromatic amines is 1. The Balaban J connectivity index is 1.23. The summed E-state index contributed by atoms with van der Waals surface area (Å²) in [6.07, 6.45) is 1.47. The molecular weight excluding hydrogens is 400 g/mol. The molecule has 2 aromatic heterocycles. The Morgan fingerprint density at radius 1 is 1.13 bits per heavy atom. The van der Waals surface area contributed by atoms with Gasteiger partial charge < -0.3 is 19.2 Å². The van der Waals surface area contributed by atoms with Gasteiger partial charge in [-0.05, 0) is 30.3 Å². The van der Waals surface area contributed by atoms with Crippen LogP contribution < -0.4 is 10.1 Å². The molecule has 0 fully saturated rings. The number of hydrogen-bond donors (Lipinski definition) is 2. The maximum absolute atomic E-state index is 12.3. The van der Waals surface area contributed by atoms with Gasteiger partial charge in [0.25, 0.3) is 5.91 Å². The summed E-state index contributed by atoms with van der Waals surface area (Å²) in [5.41, 5.74) is 2.34. The molecule has 0 spiro atoms. The van der Waals surface area contributed by atoms with E-state index in [9.17, 15) is 9.59 Å². The lowest BCUT2D eigenvalue weighted by Gasteiger charge is -2.04. The first-order valence-corrected chi connectivity index (χ1v) is 9.60. The van der Waals surface area contributed by atoms with Crippen LogP contribution >= 0.6 is 0 Å². The summed E-state index contributed by atoms with van der Waals surface area (Å²) in [6, 6.07) is 14.6. The molecule has 0 aliphatic carbocycles. The van der Waals surface area contributed by atoms with Crippen LogP contribution in [0.4, 0.5) is 0 Å². The van der Waals surface area contributed by atoms with Crippen molar-refractivity contribution in [2.24, 2.45) is 0 Å². The molecule has 2 N–H and O–H groups in total. The van der Waals surface area contributed by atoms with Crippen LogP contribution in [0.5, 0.6) is 5.75 Å². The Kier molecular flexibility index (Phi) is 5.93. The van der Waals surface area contributed by atoms with Gasteiger partial charge in [-0.2, -0.15) is 5.10 Å². The number of hydrogen-bond acceptors (Lipinski definition) is 7. The van der Waals surface area contributed by atoms with E-state index in [0.29, 0.717) is 11.6 Å². The molecule has 9 heteroatoms. The molecule has 0 aliphatic rings. The van der Waals surface area contributed by atoms with E-state index in [1.54, 1.807) is 25.3 Å². The first kappa shape index (κ1) is 20.1. The normalized spacial score (nSPS) is 10.7. The third-order valence-electron chi connectivity index (χ3n) is 4.57. The molecule has 0 saturated heterocycles. The zero-order valence-corrected chi connectivity index (χ0v) is 16.8. The summed E-state index contributed by atoms with van der Waals surface area (Å²) >= 11 is 0. The van der Waals surface area contributed by atoms with Crippen molar-refractivity contribution in [3.05, 3.63) is 66.2 Å². The van der Waals surface area contributed by atoms with Gasteiger partial charge in [0.2, 0.25) is 5.89 Å². The summed E-state index contributed by atoms with van der Waals surface area (Å²) in [4.78, 5) is 28.6. The molecule has 0 atom stereocenters. The number of methoxy groups -OCH3 is 1. The second kappa shape index (κ2) is 9.12. The minimum Gasteiger partial charge on any atom is -0.497 e. The largest absolute Gasteiger partial charge is 0.497 e. The van der Waals surface area contributed by atoms with Crippen molar-refractivity contribution < 1.29 is 23.5 Å². The number of rotatable bonds is 8. The van der Waals surface area contributed by atoms with E-state index in [-0.39, 0.29) is 31.2 Å². The van der Waals surface area contributed by atoms with Gasteiger partial charge in [-0.25, -0.2) is 4.98 Å². The van der Waals surface area contributed by atoms with E-state index in [0.717, 1.165) is 22.2 Å². The average Bonchev–Trinajstić information content (AvgIpc) is 3.45. The predicted octanol–water partition coefficient (Wildman–Crippen LogP) is 3.09. The molecule has 4 aromatic rings. The van der Waals surface area contributed by atoms with Crippen LogP contribution in [0, 0.1) is 0 Å². The Morgan fingerprint density at radius 3 is 2.74 bits per heavy atom. The van der Waals surface area contributed by atoms with Crippen LogP contribution in [0.15, 0.2) is 59.2 Å². The number of aromatic nitrogens is 3. The van der Waals surface area contributed by atoms with Crippen molar-refractivity contribution in [1.29, 1.82) is 0 Å². The van der Waals surface area contributed by atoms with Gasteiger partial charge >= 0.3 is 5.97 Å². The van der Waals surface area contributed by atoms with Gasteiger partial charge in [-0.3, -0.25) is 14.7 Å². The smallest absolute Gasteiger partial charge is 0.307 e. The fourth-order valence-electron chi connectivity index (χ4n) is 2.96. The zero-order chi connectivity index (χ0) is 21.6. The molecule has 0 bridgehead atoms. The van der Waals surface area contributed by atoms with Gasteiger partial charge in [0.15, 0.2) is 5.69 Å². The molecule has 0 saturated carbocycles. The number of oxazole rings is 1. The average molecular weight is 420 g/mol. The number of fused-ring (bicyclic) bond motifs is 1. The van der Waals surface area contributed by atoms with Gasteiger partial charge in [-0.1, -0.05) is 18.2 Å². The van der Waals surface area contributed by atoms with Crippen molar-refractivity contribution in [2.45, 2.75) is 13.0 Å². The molecule has 1 amide bonds. The monoisotopic (exact) mass is 420 g/mol. The highest BCUT2D eigenvalue weighted by Crippen LogP contribution is 2.22. The van der Waals surface area contributed by atoms with Gasteiger partial charge in [0.1, 0.15) is 24.3 Å². The van der Waals surface area contributed by atoms with Crippen molar-refractivity contribution in [3.63, 3.8) is 0 Å². The fraction of sp³-hybridized carbons (Fsp3) is 0.182. The summed E-state index contributed by atoms with van der Waals surface area (Å²) < 4.78 is 15.8. The number of nitrogens with one attached hydrogen (secondary N) is 2. The van der Waals surface area contributed by atoms with Crippen molar-refractivity contribution >= 4 is 22.8 Å². The number of carbonyl (C=O) groups excluding carboxylic acids is 2. The molecular formula is C22H20N4O5. The van der Waals surface area contributed by atoms with E-state index in [1.165, 1.54) is 6.26 Å². The number of amides is 1. The lowest BCUT2D eigenvalue weighted by atomic mass is 10.2. The van der Waals surface area contributed by atoms with Crippen LogP contribution in [-0.2, 0) is 16.1 Å². The second-order valence-electron chi connectivity index (χ2n) is 6.66. The highest BCUT2D eigenvalue weighted by atomic mass is 16.5. The first-order valence-electron chi connectivity index (χ1n) is 9.60. The van der Waals surface area contributed by atoms with Gasteiger partial charge in [-0.15, -0.1) is 0 Å². The Morgan fingerprint density at radius 2 is 1.94 bits per heavy atom. The van der Waals surface area contributed by atoms with E-state index in [2.05, 4.69) is 20.5 Å². The quantitative estimate of drug-likeness (QED) is 0.420. The standard InChI is InChI=1S/C22H20N4O5/c1-29-16-8-6-14(7-9-16)22-24-15(13-31-22)12-30-19(27)10-11-23-21(28)20-17-4-2-3-5-18(17)25-26-20/h2-9,13H,10-12H2,1H3,(H,23,28)(H,25,26).